The van der Waals surface area contributed by atoms with Gasteiger partial charge in [-0.05, 0) is 60.4 Å². The summed E-state index contributed by atoms with van der Waals surface area (Å²) in [6, 6.07) is 20.5. The molecule has 0 heterocycles. The minimum atomic E-state index is -0.590. The number of hydrogen-bond donors (Lipinski definition) is 2. The van der Waals surface area contributed by atoms with Crippen LogP contribution in [0.1, 0.15) is 22.3 Å². The number of thioether (sulfide) groups is 1. The standard InChI is InChI=1S/C23H24N2O2S/c1-16-7-9-18(10-8-16)22(26)25-21(13-14-28-2)23(27)24-20-12-11-17-5-3-4-6-19(17)15-20/h3-12,15,21H,13-14H2,1-2H3,(H,24,27)(H,25,26)/t21-/m0/s1. The van der Waals surface area contributed by atoms with Crippen molar-refractivity contribution in [2.75, 3.05) is 17.3 Å². The summed E-state index contributed by atoms with van der Waals surface area (Å²) in [5.41, 5.74) is 2.37. The van der Waals surface area contributed by atoms with E-state index in [4.69, 9.17) is 0 Å². The van der Waals surface area contributed by atoms with Crippen molar-refractivity contribution in [2.24, 2.45) is 0 Å². The summed E-state index contributed by atoms with van der Waals surface area (Å²) in [4.78, 5) is 25.4. The second-order valence-electron chi connectivity index (χ2n) is 6.72. The van der Waals surface area contributed by atoms with E-state index < -0.39 is 6.04 Å². The second kappa shape index (κ2) is 9.42. The lowest BCUT2D eigenvalue weighted by Crippen LogP contribution is -2.44. The highest BCUT2D eigenvalue weighted by molar-refractivity contribution is 7.98. The highest BCUT2D eigenvalue weighted by Gasteiger charge is 2.21. The number of carbonyl (C=O) groups is 2. The first kappa shape index (κ1) is 20.0. The van der Waals surface area contributed by atoms with Gasteiger partial charge in [-0.2, -0.15) is 11.8 Å². The molecule has 0 aliphatic carbocycles. The van der Waals surface area contributed by atoms with Gasteiger partial charge in [0.25, 0.3) is 5.91 Å². The van der Waals surface area contributed by atoms with Gasteiger partial charge in [-0.15, -0.1) is 0 Å². The summed E-state index contributed by atoms with van der Waals surface area (Å²) < 4.78 is 0. The first-order chi connectivity index (χ1) is 13.6. The number of nitrogens with one attached hydrogen (secondary N) is 2. The van der Waals surface area contributed by atoms with Gasteiger partial charge in [0.05, 0.1) is 0 Å². The topological polar surface area (TPSA) is 58.2 Å². The summed E-state index contributed by atoms with van der Waals surface area (Å²) in [6.45, 7) is 1.97. The van der Waals surface area contributed by atoms with Crippen molar-refractivity contribution >= 4 is 40.0 Å². The first-order valence-electron chi connectivity index (χ1n) is 9.23. The highest BCUT2D eigenvalue weighted by Crippen LogP contribution is 2.19. The van der Waals surface area contributed by atoms with E-state index in [1.54, 1.807) is 23.9 Å². The molecule has 0 radical (unpaired) electrons. The van der Waals surface area contributed by atoms with Crippen molar-refractivity contribution in [1.29, 1.82) is 0 Å². The van der Waals surface area contributed by atoms with Gasteiger partial charge in [0.15, 0.2) is 0 Å². The van der Waals surface area contributed by atoms with E-state index in [-0.39, 0.29) is 11.8 Å². The molecule has 0 spiro atoms. The maximum atomic E-state index is 12.8. The smallest absolute Gasteiger partial charge is 0.251 e. The minimum absolute atomic E-state index is 0.204. The fourth-order valence-electron chi connectivity index (χ4n) is 2.95. The van der Waals surface area contributed by atoms with Crippen LogP contribution >= 0.6 is 11.8 Å². The van der Waals surface area contributed by atoms with Gasteiger partial charge in [-0.25, -0.2) is 0 Å². The molecule has 0 saturated carbocycles. The Morgan fingerprint density at radius 2 is 1.68 bits per heavy atom. The number of benzene rings is 3. The zero-order valence-corrected chi connectivity index (χ0v) is 16.9. The third kappa shape index (κ3) is 5.14. The molecule has 144 valence electrons. The molecular formula is C23H24N2O2S. The van der Waals surface area contributed by atoms with Crippen LogP contribution in [0, 0.1) is 6.92 Å². The highest BCUT2D eigenvalue weighted by atomic mass is 32.2. The summed E-state index contributed by atoms with van der Waals surface area (Å²) in [6.07, 6.45) is 2.55. The van der Waals surface area contributed by atoms with E-state index in [0.717, 1.165) is 27.8 Å². The maximum absolute atomic E-state index is 12.8. The van der Waals surface area contributed by atoms with E-state index in [1.807, 2.05) is 67.8 Å². The van der Waals surface area contributed by atoms with E-state index in [0.29, 0.717) is 12.0 Å². The van der Waals surface area contributed by atoms with Gasteiger partial charge in [0, 0.05) is 11.3 Å². The van der Waals surface area contributed by atoms with Crippen molar-refractivity contribution in [3.05, 3.63) is 77.9 Å². The largest absolute Gasteiger partial charge is 0.340 e. The van der Waals surface area contributed by atoms with Crippen LogP contribution in [0.2, 0.25) is 0 Å². The molecule has 3 aromatic rings. The second-order valence-corrected chi connectivity index (χ2v) is 7.71. The van der Waals surface area contributed by atoms with Crippen molar-refractivity contribution in [2.45, 2.75) is 19.4 Å². The summed E-state index contributed by atoms with van der Waals surface area (Å²) in [5, 5.41) is 8.00. The number of carbonyl (C=O) groups excluding carboxylic acids is 2. The molecule has 5 heteroatoms. The fourth-order valence-corrected chi connectivity index (χ4v) is 3.42. The van der Waals surface area contributed by atoms with Gasteiger partial charge in [0.1, 0.15) is 6.04 Å². The van der Waals surface area contributed by atoms with Crippen LogP contribution in [0.4, 0.5) is 5.69 Å². The van der Waals surface area contributed by atoms with Crippen LogP contribution in [0.15, 0.2) is 66.7 Å². The van der Waals surface area contributed by atoms with Gasteiger partial charge in [0.2, 0.25) is 5.91 Å². The lowest BCUT2D eigenvalue weighted by molar-refractivity contribution is -0.118. The lowest BCUT2D eigenvalue weighted by Gasteiger charge is -2.18. The number of rotatable bonds is 7. The Labute approximate surface area is 169 Å². The molecule has 2 N–H and O–H groups in total. The molecule has 2 amide bonds. The lowest BCUT2D eigenvalue weighted by atomic mass is 10.1. The molecule has 0 aliphatic heterocycles. The number of anilines is 1. The van der Waals surface area contributed by atoms with Crippen LogP contribution in [0.3, 0.4) is 0 Å². The van der Waals surface area contributed by atoms with Gasteiger partial charge in [-0.1, -0.05) is 48.0 Å². The number of hydrogen-bond acceptors (Lipinski definition) is 3. The molecule has 3 aromatic carbocycles. The molecule has 0 aliphatic rings. The average molecular weight is 393 g/mol. The van der Waals surface area contributed by atoms with Crippen LogP contribution < -0.4 is 10.6 Å². The Bertz CT molecular complexity index is 970. The van der Waals surface area contributed by atoms with Crippen molar-refractivity contribution in [1.82, 2.24) is 5.32 Å². The van der Waals surface area contributed by atoms with Crippen molar-refractivity contribution in [3.8, 4) is 0 Å². The van der Waals surface area contributed by atoms with Crippen molar-refractivity contribution in [3.63, 3.8) is 0 Å². The van der Waals surface area contributed by atoms with Crippen LogP contribution in [0.5, 0.6) is 0 Å². The predicted molar refractivity (Wildman–Crippen MR) is 118 cm³/mol. The summed E-state index contributed by atoms with van der Waals surface area (Å²) in [7, 11) is 0. The molecule has 28 heavy (non-hydrogen) atoms. The Morgan fingerprint density at radius 3 is 2.39 bits per heavy atom. The minimum Gasteiger partial charge on any atom is -0.340 e. The third-order valence-electron chi connectivity index (χ3n) is 4.56. The Kier molecular flexibility index (Phi) is 6.71. The number of fused-ring (bicyclic) bond motifs is 1. The monoisotopic (exact) mass is 392 g/mol. The average Bonchev–Trinajstić information content (AvgIpc) is 2.71. The van der Waals surface area contributed by atoms with Crippen molar-refractivity contribution < 1.29 is 9.59 Å². The zero-order chi connectivity index (χ0) is 19.9. The third-order valence-corrected chi connectivity index (χ3v) is 5.21. The van der Waals surface area contributed by atoms with Gasteiger partial charge >= 0.3 is 0 Å². The normalized spacial score (nSPS) is 11.8. The summed E-state index contributed by atoms with van der Waals surface area (Å²) >= 11 is 1.65. The molecule has 0 unspecified atom stereocenters. The first-order valence-corrected chi connectivity index (χ1v) is 10.6. The molecule has 0 saturated heterocycles. The van der Waals surface area contributed by atoms with Gasteiger partial charge in [-0.3, -0.25) is 9.59 Å². The van der Waals surface area contributed by atoms with E-state index in [1.165, 1.54) is 0 Å². The summed E-state index contributed by atoms with van der Waals surface area (Å²) in [5.74, 6) is 0.342. The SMILES string of the molecule is CSCC[C@H](NC(=O)c1ccc(C)cc1)C(=O)Nc1ccc2ccccc2c1. The Balaban J connectivity index is 1.72. The van der Waals surface area contributed by atoms with Crippen LogP contribution in [0.25, 0.3) is 10.8 Å². The van der Waals surface area contributed by atoms with E-state index in [9.17, 15) is 9.59 Å². The quantitative estimate of drug-likeness (QED) is 0.616. The molecule has 4 nitrogen and oxygen atoms in total. The molecule has 0 aromatic heterocycles. The molecule has 3 rings (SSSR count). The Morgan fingerprint density at radius 1 is 0.964 bits per heavy atom. The van der Waals surface area contributed by atoms with Crippen LogP contribution in [-0.4, -0.2) is 29.9 Å². The fraction of sp³-hybridized carbons (Fsp3) is 0.217. The molecule has 0 fully saturated rings. The van der Waals surface area contributed by atoms with Crippen LogP contribution in [-0.2, 0) is 4.79 Å². The van der Waals surface area contributed by atoms with E-state index >= 15 is 0 Å². The van der Waals surface area contributed by atoms with E-state index in [2.05, 4.69) is 10.6 Å². The van der Waals surface area contributed by atoms with Gasteiger partial charge < -0.3 is 10.6 Å². The Hall–Kier alpha value is -2.79. The predicted octanol–water partition coefficient (Wildman–Crippen LogP) is 4.64. The maximum Gasteiger partial charge on any atom is 0.251 e. The molecule has 1 atom stereocenters. The molecular weight excluding hydrogens is 368 g/mol. The number of amides is 2. The molecule has 0 bridgehead atoms. The zero-order valence-electron chi connectivity index (χ0n) is 16.1. The number of aryl methyl sites for hydroxylation is 1.